The Morgan fingerprint density at radius 1 is 1.33 bits per heavy atom. The van der Waals surface area contributed by atoms with E-state index in [0.29, 0.717) is 12.1 Å². The molecule has 1 fully saturated rings. The lowest BCUT2D eigenvalue weighted by atomic mass is 10.00. The summed E-state index contributed by atoms with van der Waals surface area (Å²) in [6, 6.07) is 8.96. The van der Waals surface area contributed by atoms with Crippen molar-refractivity contribution in [3.05, 3.63) is 34.9 Å². The van der Waals surface area contributed by atoms with Gasteiger partial charge < -0.3 is 10.4 Å². The molecule has 0 bridgehead atoms. The molecule has 0 spiro atoms. The second-order valence-corrected chi connectivity index (χ2v) is 5.59. The summed E-state index contributed by atoms with van der Waals surface area (Å²) in [4.78, 5) is 0. The number of benzene rings is 1. The van der Waals surface area contributed by atoms with Crippen molar-refractivity contribution in [3.63, 3.8) is 0 Å². The van der Waals surface area contributed by atoms with Crippen LogP contribution in [0.2, 0.25) is 5.02 Å². The van der Waals surface area contributed by atoms with Crippen molar-refractivity contribution in [1.82, 2.24) is 5.32 Å². The molecule has 0 radical (unpaired) electrons. The van der Waals surface area contributed by atoms with E-state index in [0.717, 1.165) is 23.8 Å². The molecule has 0 amide bonds. The fraction of sp³-hybridized carbons (Fsp3) is 0.600. The highest BCUT2D eigenvalue weighted by Gasteiger charge is 2.33. The number of nitrogens with one attached hydrogen (secondary N) is 1. The predicted octanol–water partition coefficient (Wildman–Crippen LogP) is 3.54. The Hall–Kier alpha value is -0.570. The largest absolute Gasteiger partial charge is 0.396 e. The Kier molecular flexibility index (Phi) is 5.04. The first-order valence-corrected chi connectivity index (χ1v) is 7.24. The van der Waals surface area contributed by atoms with E-state index in [1.807, 2.05) is 12.1 Å². The maximum Gasteiger partial charge on any atom is 0.0445 e. The van der Waals surface area contributed by atoms with Crippen LogP contribution in [0.15, 0.2) is 24.3 Å². The average Bonchev–Trinajstić information content (AvgIpc) is 3.20. The highest BCUT2D eigenvalue weighted by Crippen LogP contribution is 2.41. The molecule has 2 unspecified atom stereocenters. The third kappa shape index (κ3) is 3.71. The molecular formula is C15H22ClNO. The fourth-order valence-electron chi connectivity index (χ4n) is 2.42. The van der Waals surface area contributed by atoms with Gasteiger partial charge in [0.2, 0.25) is 0 Å². The van der Waals surface area contributed by atoms with Crippen molar-refractivity contribution in [2.24, 2.45) is 5.92 Å². The quantitative estimate of drug-likeness (QED) is 0.792. The Morgan fingerprint density at radius 3 is 2.50 bits per heavy atom. The average molecular weight is 268 g/mol. The van der Waals surface area contributed by atoms with Gasteiger partial charge in [-0.1, -0.05) is 30.7 Å². The minimum atomic E-state index is 0.253. The van der Waals surface area contributed by atoms with Crippen molar-refractivity contribution in [1.29, 1.82) is 0 Å². The van der Waals surface area contributed by atoms with E-state index in [1.54, 1.807) is 0 Å². The summed E-state index contributed by atoms with van der Waals surface area (Å²) in [6.45, 7) is 2.42. The Balaban J connectivity index is 2.05. The highest BCUT2D eigenvalue weighted by molar-refractivity contribution is 6.30. The lowest BCUT2D eigenvalue weighted by Gasteiger charge is -2.25. The van der Waals surface area contributed by atoms with Gasteiger partial charge in [-0.25, -0.2) is 0 Å². The minimum absolute atomic E-state index is 0.253. The molecule has 0 saturated heterocycles. The van der Waals surface area contributed by atoms with E-state index in [4.69, 9.17) is 16.7 Å². The third-order valence-electron chi connectivity index (χ3n) is 3.71. The molecule has 2 rings (SSSR count). The zero-order valence-electron chi connectivity index (χ0n) is 10.9. The summed E-state index contributed by atoms with van der Waals surface area (Å²) in [6.07, 6.45) is 4.48. The lowest BCUT2D eigenvalue weighted by Crippen LogP contribution is -2.34. The van der Waals surface area contributed by atoms with Crippen molar-refractivity contribution >= 4 is 11.6 Å². The molecule has 0 aromatic heterocycles. The van der Waals surface area contributed by atoms with Crippen LogP contribution in [-0.4, -0.2) is 17.8 Å². The second-order valence-electron chi connectivity index (χ2n) is 5.15. The van der Waals surface area contributed by atoms with Gasteiger partial charge in [0, 0.05) is 23.7 Å². The van der Waals surface area contributed by atoms with Crippen LogP contribution >= 0.6 is 11.6 Å². The molecule has 18 heavy (non-hydrogen) atoms. The fourth-order valence-corrected chi connectivity index (χ4v) is 2.55. The number of halogens is 1. The van der Waals surface area contributed by atoms with E-state index in [2.05, 4.69) is 24.4 Å². The Bertz CT molecular complexity index is 361. The van der Waals surface area contributed by atoms with E-state index < -0.39 is 0 Å². The van der Waals surface area contributed by atoms with Crippen LogP contribution < -0.4 is 5.32 Å². The van der Waals surface area contributed by atoms with Gasteiger partial charge in [0.15, 0.2) is 0 Å². The van der Waals surface area contributed by atoms with Crippen LogP contribution in [-0.2, 0) is 0 Å². The summed E-state index contributed by atoms with van der Waals surface area (Å²) >= 11 is 5.94. The summed E-state index contributed by atoms with van der Waals surface area (Å²) in [5.41, 5.74) is 1.32. The van der Waals surface area contributed by atoms with Crippen LogP contribution in [0.4, 0.5) is 0 Å². The first-order valence-electron chi connectivity index (χ1n) is 6.87. The van der Waals surface area contributed by atoms with Crippen molar-refractivity contribution in [2.45, 2.75) is 44.7 Å². The van der Waals surface area contributed by atoms with Gasteiger partial charge in [0.1, 0.15) is 0 Å². The number of aliphatic hydroxyl groups excluding tert-OH is 1. The van der Waals surface area contributed by atoms with Gasteiger partial charge >= 0.3 is 0 Å². The maximum atomic E-state index is 9.08. The first kappa shape index (κ1) is 13.9. The zero-order valence-corrected chi connectivity index (χ0v) is 11.7. The van der Waals surface area contributed by atoms with Crippen LogP contribution in [0.3, 0.4) is 0 Å². The molecule has 1 aliphatic carbocycles. The topological polar surface area (TPSA) is 32.3 Å². The standard InChI is InChI=1S/C15H22ClNO/c1-2-14(9-10-18)17-15(11-3-4-11)12-5-7-13(16)8-6-12/h5-8,11,14-15,17-18H,2-4,9-10H2,1H3. The molecule has 0 aliphatic heterocycles. The Morgan fingerprint density at radius 2 is 2.00 bits per heavy atom. The maximum absolute atomic E-state index is 9.08. The second kappa shape index (κ2) is 6.55. The normalized spacial score (nSPS) is 18.6. The predicted molar refractivity (Wildman–Crippen MR) is 75.8 cm³/mol. The molecule has 1 aliphatic rings. The van der Waals surface area contributed by atoms with E-state index in [-0.39, 0.29) is 6.61 Å². The lowest BCUT2D eigenvalue weighted by molar-refractivity contribution is 0.252. The van der Waals surface area contributed by atoms with Crippen LogP contribution in [0, 0.1) is 5.92 Å². The first-order chi connectivity index (χ1) is 8.74. The number of hydrogen-bond donors (Lipinski definition) is 2. The van der Waals surface area contributed by atoms with E-state index >= 15 is 0 Å². The van der Waals surface area contributed by atoms with E-state index in [1.165, 1.54) is 18.4 Å². The van der Waals surface area contributed by atoms with Crippen molar-refractivity contribution < 1.29 is 5.11 Å². The highest BCUT2D eigenvalue weighted by atomic mass is 35.5. The summed E-state index contributed by atoms with van der Waals surface area (Å²) in [7, 11) is 0. The third-order valence-corrected chi connectivity index (χ3v) is 3.96. The molecule has 1 aromatic rings. The van der Waals surface area contributed by atoms with Crippen LogP contribution in [0.5, 0.6) is 0 Å². The summed E-state index contributed by atoms with van der Waals surface area (Å²) in [5, 5.41) is 13.6. The molecule has 0 heterocycles. The SMILES string of the molecule is CCC(CCO)NC(c1ccc(Cl)cc1)C1CC1. The van der Waals surface area contributed by atoms with Crippen LogP contribution in [0.25, 0.3) is 0 Å². The monoisotopic (exact) mass is 267 g/mol. The molecule has 1 aromatic carbocycles. The van der Waals surface area contributed by atoms with Gasteiger partial charge in [-0.15, -0.1) is 0 Å². The van der Waals surface area contributed by atoms with Gasteiger partial charge in [0.05, 0.1) is 0 Å². The molecular weight excluding hydrogens is 246 g/mol. The molecule has 2 atom stereocenters. The van der Waals surface area contributed by atoms with Gasteiger partial charge in [-0.3, -0.25) is 0 Å². The minimum Gasteiger partial charge on any atom is -0.396 e. The molecule has 3 heteroatoms. The van der Waals surface area contributed by atoms with Crippen molar-refractivity contribution in [3.8, 4) is 0 Å². The van der Waals surface area contributed by atoms with Crippen LogP contribution in [0.1, 0.15) is 44.2 Å². The Labute approximate surface area is 114 Å². The summed E-state index contributed by atoms with van der Waals surface area (Å²) in [5.74, 6) is 0.749. The number of rotatable bonds is 7. The van der Waals surface area contributed by atoms with Gasteiger partial charge in [0.25, 0.3) is 0 Å². The smallest absolute Gasteiger partial charge is 0.0445 e. The zero-order chi connectivity index (χ0) is 13.0. The number of hydrogen-bond acceptors (Lipinski definition) is 2. The van der Waals surface area contributed by atoms with Gasteiger partial charge in [-0.05, 0) is 49.3 Å². The van der Waals surface area contributed by atoms with Gasteiger partial charge in [-0.2, -0.15) is 0 Å². The van der Waals surface area contributed by atoms with Crippen molar-refractivity contribution in [2.75, 3.05) is 6.61 Å². The van der Waals surface area contributed by atoms with E-state index in [9.17, 15) is 0 Å². The summed E-state index contributed by atoms with van der Waals surface area (Å²) < 4.78 is 0. The molecule has 100 valence electrons. The molecule has 2 N–H and O–H groups in total. The number of aliphatic hydroxyl groups is 1. The molecule has 2 nitrogen and oxygen atoms in total. The molecule has 1 saturated carbocycles.